The topological polar surface area (TPSA) is 84.9 Å². The van der Waals surface area contributed by atoms with Gasteiger partial charge in [0.1, 0.15) is 13.2 Å². The first-order chi connectivity index (χ1) is 11.9. The number of hydrogen-bond acceptors (Lipinski definition) is 5. The molecule has 2 aromatic rings. The minimum Gasteiger partial charge on any atom is -0.486 e. The Kier molecular flexibility index (Phi) is 4.65. The summed E-state index contributed by atoms with van der Waals surface area (Å²) in [5.74, 6) is 0.826. The van der Waals surface area contributed by atoms with Crippen molar-refractivity contribution in [3.05, 3.63) is 48.0 Å². The molecular weight excluding hydrogens is 344 g/mol. The Balaban J connectivity index is 1.75. The minimum atomic E-state index is -3.49. The third kappa shape index (κ3) is 3.59. The number of fused-ring (bicyclic) bond motifs is 1. The highest BCUT2D eigenvalue weighted by atomic mass is 32.2. The molecular formula is C17H18N2O5S. The fraction of sp³-hybridized carbons (Fsp3) is 0.235. The van der Waals surface area contributed by atoms with Crippen LogP contribution in [-0.2, 0) is 10.0 Å². The van der Waals surface area contributed by atoms with Crippen molar-refractivity contribution in [2.45, 2.75) is 4.90 Å². The number of nitrogens with one attached hydrogen (secondary N) is 1. The lowest BCUT2D eigenvalue weighted by atomic mass is 10.1. The second-order valence-electron chi connectivity index (χ2n) is 5.62. The fourth-order valence-electron chi connectivity index (χ4n) is 2.31. The lowest BCUT2D eigenvalue weighted by Crippen LogP contribution is -2.22. The number of anilines is 1. The van der Waals surface area contributed by atoms with Crippen LogP contribution >= 0.6 is 0 Å². The van der Waals surface area contributed by atoms with Crippen LogP contribution in [0.1, 0.15) is 10.4 Å². The van der Waals surface area contributed by atoms with E-state index < -0.39 is 10.0 Å². The molecule has 3 rings (SSSR count). The van der Waals surface area contributed by atoms with Crippen LogP contribution in [0.25, 0.3) is 0 Å². The Hall–Kier alpha value is -2.58. The predicted octanol–water partition coefficient (Wildman–Crippen LogP) is 1.96. The third-order valence-corrected chi connectivity index (χ3v) is 5.52. The van der Waals surface area contributed by atoms with E-state index in [4.69, 9.17) is 9.47 Å². The van der Waals surface area contributed by atoms with Crippen molar-refractivity contribution in [2.24, 2.45) is 0 Å². The molecule has 0 saturated carbocycles. The highest BCUT2D eigenvalue weighted by Gasteiger charge is 2.18. The molecule has 1 amide bonds. The van der Waals surface area contributed by atoms with Gasteiger partial charge in [0, 0.05) is 25.3 Å². The monoisotopic (exact) mass is 362 g/mol. The highest BCUT2D eigenvalue weighted by molar-refractivity contribution is 7.89. The van der Waals surface area contributed by atoms with E-state index >= 15 is 0 Å². The van der Waals surface area contributed by atoms with Gasteiger partial charge in [-0.25, -0.2) is 12.7 Å². The number of nitrogens with zero attached hydrogens (tertiary/aromatic N) is 1. The van der Waals surface area contributed by atoms with Gasteiger partial charge < -0.3 is 14.8 Å². The number of hydrogen-bond donors (Lipinski definition) is 1. The second-order valence-corrected chi connectivity index (χ2v) is 7.78. The van der Waals surface area contributed by atoms with Crippen molar-refractivity contribution in [3.8, 4) is 11.5 Å². The van der Waals surface area contributed by atoms with Gasteiger partial charge in [-0.2, -0.15) is 0 Å². The summed E-state index contributed by atoms with van der Waals surface area (Å²) in [6.45, 7) is 0.931. The number of amides is 1. The van der Waals surface area contributed by atoms with E-state index in [-0.39, 0.29) is 10.8 Å². The van der Waals surface area contributed by atoms with Crippen molar-refractivity contribution < 1.29 is 22.7 Å². The maximum absolute atomic E-state index is 12.4. The van der Waals surface area contributed by atoms with Crippen molar-refractivity contribution in [1.29, 1.82) is 0 Å². The first kappa shape index (κ1) is 17.2. The van der Waals surface area contributed by atoms with Crippen molar-refractivity contribution in [2.75, 3.05) is 32.6 Å². The Labute approximate surface area is 146 Å². The first-order valence-electron chi connectivity index (χ1n) is 7.61. The summed E-state index contributed by atoms with van der Waals surface area (Å²) >= 11 is 0. The summed E-state index contributed by atoms with van der Waals surface area (Å²) in [6.07, 6.45) is 0. The van der Waals surface area contributed by atoms with E-state index in [1.54, 1.807) is 30.3 Å². The molecule has 8 heteroatoms. The molecule has 0 bridgehead atoms. The molecule has 0 unspecified atom stereocenters. The number of sulfonamides is 1. The lowest BCUT2D eigenvalue weighted by Gasteiger charge is -2.18. The molecule has 0 atom stereocenters. The first-order valence-corrected chi connectivity index (χ1v) is 9.05. The van der Waals surface area contributed by atoms with E-state index in [1.165, 1.54) is 26.2 Å². The second kappa shape index (κ2) is 6.73. The molecule has 0 fully saturated rings. The van der Waals surface area contributed by atoms with E-state index in [0.717, 1.165) is 4.31 Å². The minimum absolute atomic E-state index is 0.162. The Bertz CT molecular complexity index is 892. The van der Waals surface area contributed by atoms with Gasteiger partial charge in [-0.15, -0.1) is 0 Å². The van der Waals surface area contributed by atoms with Gasteiger partial charge in [0.15, 0.2) is 11.5 Å². The summed E-state index contributed by atoms with van der Waals surface area (Å²) in [5.41, 5.74) is 0.923. The van der Waals surface area contributed by atoms with Gasteiger partial charge in [-0.1, -0.05) is 0 Å². The number of carbonyl (C=O) groups is 1. The molecule has 0 saturated heterocycles. The van der Waals surface area contributed by atoms with Gasteiger partial charge >= 0.3 is 0 Å². The average Bonchev–Trinajstić information content (AvgIpc) is 2.61. The third-order valence-electron chi connectivity index (χ3n) is 3.70. The molecule has 1 aliphatic rings. The zero-order valence-corrected chi connectivity index (χ0v) is 14.7. The van der Waals surface area contributed by atoms with E-state index in [2.05, 4.69) is 5.32 Å². The van der Waals surface area contributed by atoms with Crippen molar-refractivity contribution in [3.63, 3.8) is 0 Å². The maximum atomic E-state index is 12.4. The lowest BCUT2D eigenvalue weighted by molar-refractivity contribution is 0.102. The molecule has 132 valence electrons. The van der Waals surface area contributed by atoms with Gasteiger partial charge in [-0.05, 0) is 42.5 Å². The molecule has 0 aromatic heterocycles. The standard InChI is InChI=1S/C17H18N2O5S/c1-19(2)25(21,22)14-6-4-13(5-7-14)18-17(20)12-3-8-15-16(11-12)24-10-9-23-15/h3-8,11H,9-10H2,1-2H3,(H,18,20). The van der Waals surface area contributed by atoms with Crippen LogP contribution in [0.2, 0.25) is 0 Å². The molecule has 1 heterocycles. The molecule has 1 aliphatic heterocycles. The van der Waals surface area contributed by atoms with Crippen LogP contribution in [0.3, 0.4) is 0 Å². The van der Waals surface area contributed by atoms with Gasteiger partial charge in [0.25, 0.3) is 5.91 Å². The zero-order valence-electron chi connectivity index (χ0n) is 13.9. The Morgan fingerprint density at radius 3 is 2.28 bits per heavy atom. The summed E-state index contributed by atoms with van der Waals surface area (Å²) in [7, 11) is -0.564. The van der Waals surface area contributed by atoms with Crippen LogP contribution < -0.4 is 14.8 Å². The van der Waals surface area contributed by atoms with Gasteiger partial charge in [0.05, 0.1) is 4.90 Å². The Morgan fingerprint density at radius 2 is 1.64 bits per heavy atom. The molecule has 0 spiro atoms. The van der Waals surface area contributed by atoms with Crippen molar-refractivity contribution >= 4 is 21.6 Å². The van der Waals surface area contributed by atoms with Gasteiger partial charge in [-0.3, -0.25) is 4.79 Å². The summed E-state index contributed by atoms with van der Waals surface area (Å²) in [6, 6.07) is 11.0. The van der Waals surface area contributed by atoms with Crippen molar-refractivity contribution in [1.82, 2.24) is 4.31 Å². The molecule has 25 heavy (non-hydrogen) atoms. The van der Waals surface area contributed by atoms with Crippen LogP contribution in [0, 0.1) is 0 Å². The summed E-state index contributed by atoms with van der Waals surface area (Å²) < 4.78 is 36.1. The zero-order chi connectivity index (χ0) is 18.0. The van der Waals surface area contributed by atoms with Crippen LogP contribution in [0.15, 0.2) is 47.4 Å². The predicted molar refractivity (Wildman–Crippen MR) is 92.7 cm³/mol. The van der Waals surface area contributed by atoms with E-state index in [1.807, 2.05) is 0 Å². The van der Waals surface area contributed by atoms with Crippen LogP contribution in [0.4, 0.5) is 5.69 Å². The Morgan fingerprint density at radius 1 is 1.00 bits per heavy atom. The molecule has 7 nitrogen and oxygen atoms in total. The molecule has 1 N–H and O–H groups in total. The summed E-state index contributed by atoms with van der Waals surface area (Å²) in [5, 5.41) is 2.73. The number of carbonyl (C=O) groups excluding carboxylic acids is 1. The average molecular weight is 362 g/mol. The van der Waals surface area contributed by atoms with Crippen LogP contribution in [-0.4, -0.2) is 45.9 Å². The number of ether oxygens (including phenoxy) is 2. The van der Waals surface area contributed by atoms with E-state index in [0.29, 0.717) is 36.0 Å². The fourth-order valence-corrected chi connectivity index (χ4v) is 3.21. The maximum Gasteiger partial charge on any atom is 0.255 e. The van der Waals surface area contributed by atoms with Gasteiger partial charge in [0.2, 0.25) is 10.0 Å². The number of benzene rings is 2. The highest BCUT2D eigenvalue weighted by Crippen LogP contribution is 2.31. The summed E-state index contributed by atoms with van der Waals surface area (Å²) in [4.78, 5) is 12.5. The van der Waals surface area contributed by atoms with Crippen LogP contribution in [0.5, 0.6) is 11.5 Å². The normalized spacial score (nSPS) is 13.6. The quantitative estimate of drug-likeness (QED) is 0.899. The molecule has 2 aromatic carbocycles. The molecule has 0 radical (unpaired) electrons. The largest absolute Gasteiger partial charge is 0.486 e. The van der Waals surface area contributed by atoms with E-state index in [9.17, 15) is 13.2 Å². The number of rotatable bonds is 4. The molecule has 0 aliphatic carbocycles. The SMILES string of the molecule is CN(C)S(=O)(=O)c1ccc(NC(=O)c2ccc3c(c2)OCCO3)cc1. The smallest absolute Gasteiger partial charge is 0.255 e.